The summed E-state index contributed by atoms with van der Waals surface area (Å²) in [5, 5.41) is 0. The van der Waals surface area contributed by atoms with Gasteiger partial charge in [-0.3, -0.25) is 9.59 Å². The number of ether oxygens (including phenoxy) is 3. The first-order chi connectivity index (χ1) is 11.4. The molecule has 134 valence electrons. The van der Waals surface area contributed by atoms with Crippen molar-refractivity contribution in [2.24, 2.45) is 5.92 Å². The molecule has 0 aliphatic carbocycles. The summed E-state index contributed by atoms with van der Waals surface area (Å²) in [6.45, 7) is 5.88. The molecule has 2 unspecified atom stereocenters. The number of carbonyl (C=O) groups is 2. The molecule has 6 nitrogen and oxygen atoms in total. The highest BCUT2D eigenvalue weighted by molar-refractivity contribution is 5.79. The Morgan fingerprint density at radius 3 is 2.29 bits per heavy atom. The molecule has 6 heteroatoms. The molecule has 24 heavy (non-hydrogen) atoms. The maximum Gasteiger partial charge on any atom is 0.310 e. The lowest BCUT2D eigenvalue weighted by Crippen LogP contribution is -2.44. The number of amides is 1. The number of methoxy groups -OCH3 is 2. The highest BCUT2D eigenvalue weighted by Crippen LogP contribution is 2.25. The summed E-state index contributed by atoms with van der Waals surface area (Å²) >= 11 is 0. The van der Waals surface area contributed by atoms with Gasteiger partial charge in [0, 0.05) is 12.6 Å². The fraction of sp³-hybridized carbons (Fsp3) is 0.556. The lowest BCUT2D eigenvalue weighted by Gasteiger charge is -2.30. The number of esters is 1. The van der Waals surface area contributed by atoms with Gasteiger partial charge in [0.25, 0.3) is 5.91 Å². The van der Waals surface area contributed by atoms with Crippen molar-refractivity contribution in [3.63, 3.8) is 0 Å². The average molecular weight is 337 g/mol. The lowest BCUT2D eigenvalue weighted by molar-refractivity contribution is -0.147. The van der Waals surface area contributed by atoms with Gasteiger partial charge in [-0.25, -0.2) is 0 Å². The first-order valence-electron chi connectivity index (χ1n) is 8.07. The fourth-order valence-electron chi connectivity index (χ4n) is 2.28. The van der Waals surface area contributed by atoms with Crippen molar-refractivity contribution < 1.29 is 23.8 Å². The largest absolute Gasteiger partial charge is 0.493 e. The van der Waals surface area contributed by atoms with Crippen LogP contribution in [0.1, 0.15) is 27.2 Å². The molecule has 0 spiro atoms. The van der Waals surface area contributed by atoms with Crippen LogP contribution in [0.2, 0.25) is 0 Å². The number of para-hydroxylation sites is 2. The van der Waals surface area contributed by atoms with E-state index < -0.39 is 0 Å². The van der Waals surface area contributed by atoms with Crippen LogP contribution in [-0.4, -0.2) is 50.2 Å². The Bertz CT molecular complexity index is 546. The predicted molar refractivity (Wildman–Crippen MR) is 91.1 cm³/mol. The maximum absolute atomic E-state index is 12.6. The molecule has 0 fully saturated rings. The monoisotopic (exact) mass is 337 g/mol. The molecule has 0 saturated heterocycles. The summed E-state index contributed by atoms with van der Waals surface area (Å²) in [7, 11) is 2.90. The molecule has 0 radical (unpaired) electrons. The minimum atomic E-state index is -0.390. The second-order valence-electron chi connectivity index (χ2n) is 5.67. The van der Waals surface area contributed by atoms with E-state index in [0.717, 1.165) is 6.42 Å². The summed E-state index contributed by atoms with van der Waals surface area (Å²) in [5.74, 6) is 0.189. The Hall–Kier alpha value is -2.24. The lowest BCUT2D eigenvalue weighted by atomic mass is 10.1. The predicted octanol–water partition coefficient (Wildman–Crippen LogP) is 2.51. The van der Waals surface area contributed by atoms with Crippen molar-refractivity contribution in [1.82, 2.24) is 4.90 Å². The van der Waals surface area contributed by atoms with Gasteiger partial charge in [0.1, 0.15) is 0 Å². The van der Waals surface area contributed by atoms with Crippen molar-refractivity contribution in [2.75, 3.05) is 27.4 Å². The van der Waals surface area contributed by atoms with Gasteiger partial charge in [-0.05, 0) is 25.5 Å². The number of carbonyl (C=O) groups excluding carboxylic acids is 2. The van der Waals surface area contributed by atoms with Crippen LogP contribution in [0, 0.1) is 5.92 Å². The summed E-state index contributed by atoms with van der Waals surface area (Å²) in [4.78, 5) is 25.9. The maximum atomic E-state index is 12.6. The third kappa shape index (κ3) is 5.44. The third-order valence-electron chi connectivity index (χ3n) is 3.94. The molecule has 0 aromatic heterocycles. The summed E-state index contributed by atoms with van der Waals surface area (Å²) < 4.78 is 15.5. The minimum absolute atomic E-state index is 0.00544. The topological polar surface area (TPSA) is 65.1 Å². The van der Waals surface area contributed by atoms with Gasteiger partial charge in [0.05, 0.1) is 20.1 Å². The van der Waals surface area contributed by atoms with Gasteiger partial charge in [-0.15, -0.1) is 0 Å². The second kappa shape index (κ2) is 9.80. The minimum Gasteiger partial charge on any atom is -0.493 e. The number of benzene rings is 1. The zero-order valence-corrected chi connectivity index (χ0v) is 15.1. The molecular weight excluding hydrogens is 310 g/mol. The van der Waals surface area contributed by atoms with E-state index in [0.29, 0.717) is 18.0 Å². The summed E-state index contributed by atoms with van der Waals surface area (Å²) in [6, 6.07) is 7.17. The number of hydrogen-bond donors (Lipinski definition) is 0. The first kappa shape index (κ1) is 19.8. The molecule has 1 aromatic rings. The standard InChI is InChI=1S/C18H27NO5/c1-6-14(3)19(11-13(2)18(21)23-5)17(20)12-24-16-10-8-7-9-15(16)22-4/h7-10,13-14H,6,11-12H2,1-5H3. The quantitative estimate of drug-likeness (QED) is 0.648. The van der Waals surface area contributed by atoms with E-state index in [1.807, 2.05) is 26.0 Å². The number of nitrogens with zero attached hydrogens (tertiary/aromatic N) is 1. The zero-order chi connectivity index (χ0) is 18.1. The van der Waals surface area contributed by atoms with Crippen molar-refractivity contribution in [1.29, 1.82) is 0 Å². The normalized spacial score (nSPS) is 12.9. The summed E-state index contributed by atoms with van der Waals surface area (Å²) in [6.07, 6.45) is 0.786. The molecule has 0 heterocycles. The van der Waals surface area contributed by atoms with Gasteiger partial charge in [0.15, 0.2) is 18.1 Å². The van der Waals surface area contributed by atoms with E-state index in [1.54, 1.807) is 31.1 Å². The van der Waals surface area contributed by atoms with E-state index in [4.69, 9.17) is 14.2 Å². The van der Waals surface area contributed by atoms with Crippen LogP contribution in [0.15, 0.2) is 24.3 Å². The Morgan fingerprint density at radius 2 is 1.75 bits per heavy atom. The number of rotatable bonds is 9. The molecule has 0 aliphatic rings. The molecule has 1 aromatic carbocycles. The first-order valence-corrected chi connectivity index (χ1v) is 8.07. The highest BCUT2D eigenvalue weighted by Gasteiger charge is 2.25. The van der Waals surface area contributed by atoms with Crippen LogP contribution in [0.4, 0.5) is 0 Å². The molecule has 0 saturated carbocycles. The van der Waals surface area contributed by atoms with Crippen LogP contribution >= 0.6 is 0 Å². The Kier molecular flexibility index (Phi) is 8.09. The van der Waals surface area contributed by atoms with Crippen molar-refractivity contribution in [3.8, 4) is 11.5 Å². The fourth-order valence-corrected chi connectivity index (χ4v) is 2.28. The van der Waals surface area contributed by atoms with Gasteiger partial charge in [0.2, 0.25) is 0 Å². The molecular formula is C18H27NO5. The Morgan fingerprint density at radius 1 is 1.12 bits per heavy atom. The van der Waals surface area contributed by atoms with Gasteiger partial charge >= 0.3 is 5.97 Å². The SMILES string of the molecule is CCC(C)N(CC(C)C(=O)OC)C(=O)COc1ccccc1OC. The second-order valence-corrected chi connectivity index (χ2v) is 5.67. The van der Waals surface area contributed by atoms with Crippen LogP contribution < -0.4 is 9.47 Å². The van der Waals surface area contributed by atoms with Crippen LogP contribution in [0.5, 0.6) is 11.5 Å². The Labute approximate surface area is 143 Å². The Balaban J connectivity index is 2.76. The van der Waals surface area contributed by atoms with Gasteiger partial charge < -0.3 is 19.1 Å². The molecule has 0 bridgehead atoms. The van der Waals surface area contributed by atoms with E-state index in [-0.39, 0.29) is 30.4 Å². The van der Waals surface area contributed by atoms with Gasteiger partial charge in [-0.2, -0.15) is 0 Å². The van der Waals surface area contributed by atoms with E-state index in [1.165, 1.54) is 7.11 Å². The van der Waals surface area contributed by atoms with Crippen LogP contribution in [0.25, 0.3) is 0 Å². The molecule has 1 amide bonds. The van der Waals surface area contributed by atoms with E-state index in [2.05, 4.69) is 0 Å². The van der Waals surface area contributed by atoms with Gasteiger partial charge in [-0.1, -0.05) is 26.0 Å². The van der Waals surface area contributed by atoms with Crippen LogP contribution in [-0.2, 0) is 14.3 Å². The molecule has 0 N–H and O–H groups in total. The average Bonchev–Trinajstić information content (AvgIpc) is 2.62. The van der Waals surface area contributed by atoms with Crippen molar-refractivity contribution >= 4 is 11.9 Å². The zero-order valence-electron chi connectivity index (χ0n) is 15.1. The molecule has 2 atom stereocenters. The smallest absolute Gasteiger partial charge is 0.310 e. The highest BCUT2D eigenvalue weighted by atomic mass is 16.5. The third-order valence-corrected chi connectivity index (χ3v) is 3.94. The van der Waals surface area contributed by atoms with Crippen molar-refractivity contribution in [3.05, 3.63) is 24.3 Å². The van der Waals surface area contributed by atoms with E-state index >= 15 is 0 Å². The van der Waals surface area contributed by atoms with Crippen molar-refractivity contribution in [2.45, 2.75) is 33.2 Å². The summed E-state index contributed by atoms with van der Waals surface area (Å²) in [5.41, 5.74) is 0. The molecule has 1 rings (SSSR count). The van der Waals surface area contributed by atoms with E-state index in [9.17, 15) is 9.59 Å². The number of hydrogen-bond acceptors (Lipinski definition) is 5. The molecule has 0 aliphatic heterocycles. The van der Waals surface area contributed by atoms with Crippen LogP contribution in [0.3, 0.4) is 0 Å².